The van der Waals surface area contributed by atoms with E-state index in [9.17, 15) is 8.42 Å². The first-order chi connectivity index (χ1) is 18.4. The van der Waals surface area contributed by atoms with Gasteiger partial charge in [-0.15, -0.1) is 0 Å². The second kappa shape index (κ2) is 12.5. The molecule has 2 aliphatic heterocycles. The highest BCUT2D eigenvalue weighted by Crippen LogP contribution is 2.36. The van der Waals surface area contributed by atoms with Gasteiger partial charge in [-0.1, -0.05) is 32.6 Å². The molecule has 4 aliphatic rings. The minimum atomic E-state index is -3.06. The van der Waals surface area contributed by atoms with Gasteiger partial charge in [-0.05, 0) is 99.0 Å². The number of sulfone groups is 1. The van der Waals surface area contributed by atoms with Crippen LogP contribution in [0.25, 0.3) is 10.8 Å². The Morgan fingerprint density at radius 1 is 1.00 bits per heavy atom. The van der Waals surface area contributed by atoms with E-state index in [4.69, 9.17) is 5.73 Å². The molecule has 0 amide bonds. The number of nitrogens with zero attached hydrogens (tertiary/aromatic N) is 1. The number of benzene rings is 1. The van der Waals surface area contributed by atoms with Crippen LogP contribution in [0, 0.1) is 17.8 Å². The summed E-state index contributed by atoms with van der Waals surface area (Å²) in [6.07, 6.45) is 13.5. The molecule has 4 bridgehead atoms. The molecule has 3 unspecified atom stereocenters. The molecule has 0 spiro atoms. The van der Waals surface area contributed by atoms with E-state index < -0.39 is 9.84 Å². The van der Waals surface area contributed by atoms with E-state index in [0.717, 1.165) is 61.3 Å². The summed E-state index contributed by atoms with van der Waals surface area (Å²) in [5, 5.41) is 13.3. The lowest BCUT2D eigenvalue weighted by molar-refractivity contribution is 0.225. The molecule has 0 radical (unpaired) electrons. The molecule has 4 atom stereocenters. The number of hydrogen-bond donors (Lipinski definition) is 4. The van der Waals surface area contributed by atoms with Crippen molar-refractivity contribution in [1.82, 2.24) is 15.6 Å². The first-order valence-corrected chi connectivity index (χ1v) is 16.7. The van der Waals surface area contributed by atoms with Gasteiger partial charge in [0.15, 0.2) is 9.84 Å². The quantitative estimate of drug-likeness (QED) is 0.443. The number of nitrogens with two attached hydrogens (primary N) is 1. The Bertz CT molecular complexity index is 1160. The molecule has 2 saturated carbocycles. The lowest BCUT2D eigenvalue weighted by Gasteiger charge is -2.38. The zero-order chi connectivity index (χ0) is 26.5. The van der Waals surface area contributed by atoms with Crippen molar-refractivity contribution in [2.75, 3.05) is 36.4 Å². The molecule has 8 heteroatoms. The Hall–Kier alpha value is -1.90. The Kier molecular flexibility index (Phi) is 9.11. The summed E-state index contributed by atoms with van der Waals surface area (Å²) >= 11 is 0. The van der Waals surface area contributed by atoms with E-state index in [1.165, 1.54) is 44.9 Å². The third kappa shape index (κ3) is 6.62. The maximum atomic E-state index is 13.0. The Labute approximate surface area is 229 Å². The SMILES string of the molecule is CCS(=O)(=O)C1CCC2CC1CNC[C@H](Nc1ccc3c(N)nccc3c1)C1CCC(CCCCN2)CC1. The second-order valence-electron chi connectivity index (χ2n) is 12.0. The summed E-state index contributed by atoms with van der Waals surface area (Å²) < 4.78 is 26.0. The van der Waals surface area contributed by atoms with Crippen LogP contribution in [0.5, 0.6) is 0 Å². The van der Waals surface area contributed by atoms with Gasteiger partial charge in [-0.2, -0.15) is 0 Å². The van der Waals surface area contributed by atoms with Crippen molar-refractivity contribution in [3.05, 3.63) is 30.5 Å². The molecule has 2 aliphatic carbocycles. The molecule has 2 aromatic rings. The second-order valence-corrected chi connectivity index (χ2v) is 14.5. The van der Waals surface area contributed by atoms with Gasteiger partial charge in [-0.25, -0.2) is 13.4 Å². The van der Waals surface area contributed by atoms with Crippen molar-refractivity contribution in [2.45, 2.75) is 88.5 Å². The fourth-order valence-corrected chi connectivity index (χ4v) is 9.05. The molecule has 7 nitrogen and oxygen atoms in total. The van der Waals surface area contributed by atoms with E-state index in [1.54, 1.807) is 13.1 Å². The average Bonchev–Trinajstić information content (AvgIpc) is 2.92. The van der Waals surface area contributed by atoms with Crippen molar-refractivity contribution >= 4 is 32.1 Å². The van der Waals surface area contributed by atoms with Gasteiger partial charge in [0.25, 0.3) is 0 Å². The van der Waals surface area contributed by atoms with Crippen molar-refractivity contribution < 1.29 is 8.42 Å². The number of nitrogens with one attached hydrogen (secondary N) is 3. The molecule has 1 aromatic heterocycles. The summed E-state index contributed by atoms with van der Waals surface area (Å²) in [6.45, 7) is 4.46. The topological polar surface area (TPSA) is 109 Å². The van der Waals surface area contributed by atoms with Crippen LogP contribution in [0.3, 0.4) is 0 Å². The van der Waals surface area contributed by atoms with Crippen molar-refractivity contribution in [2.24, 2.45) is 17.8 Å². The number of aromatic nitrogens is 1. The summed E-state index contributed by atoms with van der Waals surface area (Å²) in [5.74, 6) is 2.44. The van der Waals surface area contributed by atoms with Gasteiger partial charge in [0.2, 0.25) is 0 Å². The van der Waals surface area contributed by atoms with Gasteiger partial charge in [0, 0.05) is 41.7 Å². The maximum Gasteiger partial charge on any atom is 0.153 e. The zero-order valence-electron chi connectivity index (χ0n) is 23.0. The monoisotopic (exact) mass is 541 g/mol. The largest absolute Gasteiger partial charge is 0.383 e. The summed E-state index contributed by atoms with van der Waals surface area (Å²) in [4.78, 5) is 4.22. The molecule has 210 valence electrons. The number of nitrogen functional groups attached to an aromatic ring is 1. The molecule has 2 saturated heterocycles. The molecule has 6 rings (SSSR count). The number of anilines is 2. The molecule has 38 heavy (non-hydrogen) atoms. The van der Waals surface area contributed by atoms with Crippen molar-refractivity contribution in [3.8, 4) is 0 Å². The van der Waals surface area contributed by atoms with Gasteiger partial charge in [-0.3, -0.25) is 0 Å². The van der Waals surface area contributed by atoms with E-state index in [2.05, 4.69) is 39.1 Å². The normalized spacial score (nSPS) is 31.7. The Morgan fingerprint density at radius 2 is 1.84 bits per heavy atom. The van der Waals surface area contributed by atoms with Crippen molar-refractivity contribution in [1.29, 1.82) is 0 Å². The first-order valence-electron chi connectivity index (χ1n) is 15.0. The lowest BCUT2D eigenvalue weighted by atomic mass is 9.76. The Balaban J connectivity index is 1.34. The maximum absolute atomic E-state index is 13.0. The van der Waals surface area contributed by atoms with Crippen LogP contribution < -0.4 is 21.7 Å². The molecule has 3 heterocycles. The van der Waals surface area contributed by atoms with Crippen LogP contribution in [-0.2, 0) is 9.84 Å². The van der Waals surface area contributed by atoms with Crippen LogP contribution in [0.15, 0.2) is 30.5 Å². The average molecular weight is 542 g/mol. The lowest BCUT2D eigenvalue weighted by Crippen LogP contribution is -2.48. The van der Waals surface area contributed by atoms with Gasteiger partial charge in [0.05, 0.1) is 5.25 Å². The highest BCUT2D eigenvalue weighted by Gasteiger charge is 2.38. The minimum Gasteiger partial charge on any atom is -0.383 e. The summed E-state index contributed by atoms with van der Waals surface area (Å²) in [6, 6.07) is 9.12. The van der Waals surface area contributed by atoms with Crippen LogP contribution in [0.2, 0.25) is 0 Å². The fourth-order valence-electron chi connectivity index (χ4n) is 7.33. The zero-order valence-corrected chi connectivity index (χ0v) is 23.8. The number of fused-ring (bicyclic) bond motifs is 10. The molecule has 4 fully saturated rings. The summed E-state index contributed by atoms with van der Waals surface area (Å²) in [7, 11) is -3.06. The third-order valence-corrected chi connectivity index (χ3v) is 12.0. The number of rotatable bonds is 4. The standard InChI is InChI=1S/C30H47N5O2S/c1-2-38(36,37)29-13-11-25-18-24(29)19-32-20-28(22-8-6-21(7-9-22)5-3-4-15-33-25)35-26-10-12-27-23(17-26)14-16-34-30(27)31/h10,12,14,16-17,21-22,24-25,28-29,32-33,35H,2-9,11,13,15,18-20H2,1H3,(H2,31,34)/t21?,22?,24?,25?,28-,29?/m0/s1. The van der Waals surface area contributed by atoms with E-state index in [0.29, 0.717) is 23.8 Å². The predicted molar refractivity (Wildman–Crippen MR) is 158 cm³/mol. The minimum absolute atomic E-state index is 0.159. The van der Waals surface area contributed by atoms with Crippen LogP contribution in [0.4, 0.5) is 11.5 Å². The predicted octanol–water partition coefficient (Wildman–Crippen LogP) is 4.74. The molecule has 5 N–H and O–H groups in total. The highest BCUT2D eigenvalue weighted by atomic mass is 32.2. The number of pyridine rings is 1. The van der Waals surface area contributed by atoms with E-state index >= 15 is 0 Å². The van der Waals surface area contributed by atoms with Gasteiger partial charge < -0.3 is 21.7 Å². The van der Waals surface area contributed by atoms with Crippen LogP contribution in [-0.4, -0.2) is 56.1 Å². The van der Waals surface area contributed by atoms with E-state index in [1.807, 2.05) is 6.07 Å². The van der Waals surface area contributed by atoms with Gasteiger partial charge >= 0.3 is 0 Å². The van der Waals surface area contributed by atoms with Crippen molar-refractivity contribution in [3.63, 3.8) is 0 Å². The summed E-state index contributed by atoms with van der Waals surface area (Å²) in [5.41, 5.74) is 7.20. The smallest absolute Gasteiger partial charge is 0.153 e. The van der Waals surface area contributed by atoms with Gasteiger partial charge in [0.1, 0.15) is 5.82 Å². The first kappa shape index (κ1) is 27.7. The fraction of sp³-hybridized carbons (Fsp3) is 0.700. The molecule has 1 aromatic carbocycles. The van der Waals surface area contributed by atoms with Crippen LogP contribution in [0.1, 0.15) is 71.1 Å². The molecular weight excluding hydrogens is 494 g/mol. The third-order valence-electron chi connectivity index (χ3n) is 9.63. The highest BCUT2D eigenvalue weighted by molar-refractivity contribution is 7.92. The number of hydrogen-bond acceptors (Lipinski definition) is 7. The van der Waals surface area contributed by atoms with Crippen LogP contribution >= 0.6 is 0 Å². The van der Waals surface area contributed by atoms with E-state index in [-0.39, 0.29) is 16.9 Å². The molecular formula is C30H47N5O2S. The Morgan fingerprint density at radius 3 is 2.66 bits per heavy atom.